The monoisotopic (exact) mass is 233 g/mol. The molecular formula is C10H19NO3S. The van der Waals surface area contributed by atoms with Gasteiger partial charge in [0.2, 0.25) is 5.91 Å². The molecule has 5 heteroatoms. The van der Waals surface area contributed by atoms with Gasteiger partial charge in [-0.2, -0.15) is 11.8 Å². The van der Waals surface area contributed by atoms with Crippen molar-refractivity contribution in [3.05, 3.63) is 0 Å². The van der Waals surface area contributed by atoms with Crippen LogP contribution in [0.25, 0.3) is 0 Å². The van der Waals surface area contributed by atoms with Gasteiger partial charge >= 0.3 is 5.97 Å². The van der Waals surface area contributed by atoms with E-state index < -0.39 is 17.8 Å². The van der Waals surface area contributed by atoms with Gasteiger partial charge < -0.3 is 10.4 Å². The fraction of sp³-hybridized carbons (Fsp3) is 0.800. The summed E-state index contributed by atoms with van der Waals surface area (Å²) in [5.41, 5.74) is 0. The summed E-state index contributed by atoms with van der Waals surface area (Å²) >= 11 is 1.73. The van der Waals surface area contributed by atoms with Gasteiger partial charge in [-0.3, -0.25) is 9.59 Å². The molecule has 0 spiro atoms. The normalized spacial score (nSPS) is 14.3. The number of thioether (sulfide) groups is 1. The Kier molecular flexibility index (Phi) is 7.21. The lowest BCUT2D eigenvalue weighted by molar-refractivity contribution is -0.146. The second-order valence-electron chi connectivity index (χ2n) is 3.55. The average molecular weight is 233 g/mol. The van der Waals surface area contributed by atoms with Gasteiger partial charge in [-0.25, -0.2) is 0 Å². The van der Waals surface area contributed by atoms with Gasteiger partial charge in [0.25, 0.3) is 0 Å². The first-order valence-corrected chi connectivity index (χ1v) is 6.39. The fourth-order valence-corrected chi connectivity index (χ4v) is 1.46. The van der Waals surface area contributed by atoms with E-state index in [0.717, 1.165) is 12.2 Å². The molecule has 2 N–H and O–H groups in total. The molecule has 0 radical (unpaired) electrons. The number of carboxylic acids is 1. The largest absolute Gasteiger partial charge is 0.481 e. The van der Waals surface area contributed by atoms with Gasteiger partial charge in [0, 0.05) is 12.5 Å². The van der Waals surface area contributed by atoms with Crippen LogP contribution in [-0.4, -0.2) is 35.5 Å². The molecule has 0 heterocycles. The zero-order valence-electron chi connectivity index (χ0n) is 9.45. The Labute approximate surface area is 94.8 Å². The van der Waals surface area contributed by atoms with Gasteiger partial charge in [0.15, 0.2) is 0 Å². The number of carbonyl (C=O) groups is 2. The lowest BCUT2D eigenvalue weighted by Crippen LogP contribution is -2.35. The third-order valence-corrected chi connectivity index (χ3v) is 3.07. The van der Waals surface area contributed by atoms with E-state index in [2.05, 4.69) is 5.32 Å². The highest BCUT2D eigenvalue weighted by Gasteiger charge is 2.25. The number of hydrogen-bond acceptors (Lipinski definition) is 3. The van der Waals surface area contributed by atoms with Crippen LogP contribution in [0.1, 0.15) is 20.3 Å². The molecule has 0 bridgehead atoms. The van der Waals surface area contributed by atoms with Crippen molar-refractivity contribution in [3.8, 4) is 0 Å². The number of carbonyl (C=O) groups excluding carboxylic acids is 1. The SMILES string of the molecule is CSCCCNC(=O)C(C)C(C)C(=O)O. The molecule has 0 saturated heterocycles. The predicted molar refractivity (Wildman–Crippen MR) is 62.0 cm³/mol. The summed E-state index contributed by atoms with van der Waals surface area (Å²) in [6, 6.07) is 0. The summed E-state index contributed by atoms with van der Waals surface area (Å²) in [5.74, 6) is -1.21. The molecule has 0 fully saturated rings. The number of rotatable bonds is 7. The zero-order chi connectivity index (χ0) is 11.8. The average Bonchev–Trinajstić information content (AvgIpc) is 2.21. The zero-order valence-corrected chi connectivity index (χ0v) is 10.3. The third-order valence-electron chi connectivity index (χ3n) is 2.38. The smallest absolute Gasteiger partial charge is 0.307 e. The minimum atomic E-state index is -0.929. The molecule has 0 aromatic heterocycles. The maximum absolute atomic E-state index is 11.5. The highest BCUT2D eigenvalue weighted by molar-refractivity contribution is 7.98. The van der Waals surface area contributed by atoms with Crippen LogP contribution in [0.15, 0.2) is 0 Å². The lowest BCUT2D eigenvalue weighted by Gasteiger charge is -2.15. The van der Waals surface area contributed by atoms with Crippen LogP contribution in [0.3, 0.4) is 0 Å². The van der Waals surface area contributed by atoms with Crippen LogP contribution in [0.5, 0.6) is 0 Å². The van der Waals surface area contributed by atoms with Gasteiger partial charge in [0.1, 0.15) is 0 Å². The second-order valence-corrected chi connectivity index (χ2v) is 4.54. The molecule has 2 atom stereocenters. The van der Waals surface area contributed by atoms with E-state index in [4.69, 9.17) is 5.11 Å². The Morgan fingerprint density at radius 3 is 2.40 bits per heavy atom. The molecule has 0 saturated carbocycles. The van der Waals surface area contributed by atoms with Crippen LogP contribution in [-0.2, 0) is 9.59 Å². The highest BCUT2D eigenvalue weighted by Crippen LogP contribution is 2.10. The first-order chi connectivity index (χ1) is 7.00. The molecule has 0 aromatic rings. The third kappa shape index (κ3) is 5.67. The number of nitrogens with one attached hydrogen (secondary N) is 1. The van der Waals surface area contributed by atoms with E-state index in [1.54, 1.807) is 25.6 Å². The number of amides is 1. The molecule has 0 aliphatic rings. The first-order valence-electron chi connectivity index (χ1n) is 5.00. The maximum Gasteiger partial charge on any atom is 0.307 e. The van der Waals surface area contributed by atoms with Gasteiger partial charge in [-0.15, -0.1) is 0 Å². The van der Waals surface area contributed by atoms with E-state index >= 15 is 0 Å². The van der Waals surface area contributed by atoms with Crippen molar-refractivity contribution in [2.75, 3.05) is 18.6 Å². The summed E-state index contributed by atoms with van der Waals surface area (Å²) in [4.78, 5) is 22.1. The summed E-state index contributed by atoms with van der Waals surface area (Å²) < 4.78 is 0. The number of aliphatic carboxylic acids is 1. The van der Waals surface area contributed by atoms with E-state index in [0.29, 0.717) is 6.54 Å². The first kappa shape index (κ1) is 14.3. The summed E-state index contributed by atoms with van der Waals surface area (Å²) in [6.07, 6.45) is 2.93. The minimum absolute atomic E-state index is 0.175. The van der Waals surface area contributed by atoms with E-state index in [1.807, 2.05) is 6.26 Å². The summed E-state index contributed by atoms with van der Waals surface area (Å²) in [6.45, 7) is 3.81. The van der Waals surface area contributed by atoms with Crippen molar-refractivity contribution >= 4 is 23.6 Å². The molecule has 0 aromatic carbocycles. The molecule has 2 unspecified atom stereocenters. The standard InChI is InChI=1S/C10H19NO3S/c1-7(8(2)10(13)14)9(12)11-5-4-6-15-3/h7-8H,4-6H2,1-3H3,(H,11,12)(H,13,14). The van der Waals surface area contributed by atoms with Crippen LogP contribution in [0.2, 0.25) is 0 Å². The van der Waals surface area contributed by atoms with Gasteiger partial charge in [-0.05, 0) is 18.4 Å². The molecule has 0 aliphatic heterocycles. The molecule has 15 heavy (non-hydrogen) atoms. The van der Waals surface area contributed by atoms with Crippen molar-refractivity contribution in [3.63, 3.8) is 0 Å². The molecular weight excluding hydrogens is 214 g/mol. The van der Waals surface area contributed by atoms with Crippen molar-refractivity contribution in [2.24, 2.45) is 11.8 Å². The van der Waals surface area contributed by atoms with E-state index in [-0.39, 0.29) is 5.91 Å². The number of carboxylic acid groups (broad SMARTS) is 1. The molecule has 88 valence electrons. The van der Waals surface area contributed by atoms with Crippen LogP contribution in [0.4, 0.5) is 0 Å². The van der Waals surface area contributed by atoms with E-state index in [9.17, 15) is 9.59 Å². The predicted octanol–water partition coefficient (Wildman–Crippen LogP) is 1.21. The Hall–Kier alpha value is -0.710. The molecule has 4 nitrogen and oxygen atoms in total. The van der Waals surface area contributed by atoms with Gasteiger partial charge in [-0.1, -0.05) is 13.8 Å². The van der Waals surface area contributed by atoms with Gasteiger partial charge in [0.05, 0.1) is 5.92 Å². The highest BCUT2D eigenvalue weighted by atomic mass is 32.2. The van der Waals surface area contributed by atoms with Crippen molar-refractivity contribution in [1.82, 2.24) is 5.32 Å². The molecule has 1 amide bonds. The Morgan fingerprint density at radius 2 is 1.93 bits per heavy atom. The fourth-order valence-electron chi connectivity index (χ4n) is 1.03. The van der Waals surface area contributed by atoms with Crippen LogP contribution in [0, 0.1) is 11.8 Å². The Balaban J connectivity index is 3.84. The van der Waals surface area contributed by atoms with E-state index in [1.165, 1.54) is 0 Å². The lowest BCUT2D eigenvalue weighted by atomic mass is 9.95. The molecule has 0 aliphatic carbocycles. The van der Waals surface area contributed by atoms with Crippen molar-refractivity contribution in [1.29, 1.82) is 0 Å². The van der Waals surface area contributed by atoms with Crippen LogP contribution < -0.4 is 5.32 Å². The Morgan fingerprint density at radius 1 is 1.33 bits per heavy atom. The second kappa shape index (κ2) is 7.56. The summed E-state index contributed by atoms with van der Waals surface area (Å²) in [5, 5.41) is 11.5. The summed E-state index contributed by atoms with van der Waals surface area (Å²) in [7, 11) is 0. The van der Waals surface area contributed by atoms with Crippen molar-refractivity contribution < 1.29 is 14.7 Å². The topological polar surface area (TPSA) is 66.4 Å². The number of hydrogen-bond donors (Lipinski definition) is 2. The maximum atomic E-state index is 11.5. The Bertz CT molecular complexity index is 221. The molecule has 0 rings (SSSR count). The quantitative estimate of drug-likeness (QED) is 0.649. The van der Waals surface area contributed by atoms with Crippen LogP contribution >= 0.6 is 11.8 Å². The minimum Gasteiger partial charge on any atom is -0.481 e. The van der Waals surface area contributed by atoms with Crippen molar-refractivity contribution in [2.45, 2.75) is 20.3 Å².